The minimum atomic E-state index is 0.275. The van der Waals surface area contributed by atoms with Gasteiger partial charge in [0.15, 0.2) is 0 Å². The molecular formula is C16H22N2. The van der Waals surface area contributed by atoms with Crippen LogP contribution in [-0.2, 0) is 6.54 Å². The molecular weight excluding hydrogens is 220 g/mol. The van der Waals surface area contributed by atoms with Crippen LogP contribution in [0.5, 0.6) is 0 Å². The predicted octanol–water partition coefficient (Wildman–Crippen LogP) is 3.76. The van der Waals surface area contributed by atoms with E-state index in [1.54, 1.807) is 0 Å². The Hall–Kier alpha value is -1.41. The number of fused-ring (bicyclic) bond motifs is 1. The van der Waals surface area contributed by atoms with E-state index in [1.807, 2.05) is 12.1 Å². The Balaban J connectivity index is 2.08. The summed E-state index contributed by atoms with van der Waals surface area (Å²) in [4.78, 5) is 4.67. The number of hydrogen-bond donors (Lipinski definition) is 1. The molecule has 0 radical (unpaired) electrons. The topological polar surface area (TPSA) is 24.9 Å². The Morgan fingerprint density at radius 3 is 2.56 bits per heavy atom. The van der Waals surface area contributed by atoms with Gasteiger partial charge in [-0.1, -0.05) is 45.0 Å². The molecule has 0 aliphatic heterocycles. The number of nitrogens with zero attached hydrogens (tertiary/aromatic N) is 1. The molecule has 2 heteroatoms. The summed E-state index contributed by atoms with van der Waals surface area (Å²) in [7, 11) is 0. The molecule has 2 rings (SSSR count). The van der Waals surface area contributed by atoms with Gasteiger partial charge < -0.3 is 5.32 Å². The van der Waals surface area contributed by atoms with Gasteiger partial charge in [-0.05, 0) is 24.5 Å². The highest BCUT2D eigenvalue weighted by molar-refractivity contribution is 5.78. The highest BCUT2D eigenvalue weighted by Gasteiger charge is 2.19. The normalized spacial score (nSPS) is 13.8. The molecule has 0 fully saturated rings. The average molecular weight is 242 g/mol. The first-order chi connectivity index (χ1) is 8.47. The molecule has 2 aromatic rings. The summed E-state index contributed by atoms with van der Waals surface area (Å²) in [5, 5.41) is 4.74. The molecule has 2 nitrogen and oxygen atoms in total. The molecule has 0 saturated heterocycles. The third-order valence-corrected chi connectivity index (χ3v) is 3.54. The van der Waals surface area contributed by atoms with Crippen molar-refractivity contribution in [2.75, 3.05) is 0 Å². The van der Waals surface area contributed by atoms with Gasteiger partial charge in [0.25, 0.3) is 0 Å². The quantitative estimate of drug-likeness (QED) is 0.886. The van der Waals surface area contributed by atoms with E-state index in [4.69, 9.17) is 0 Å². The average Bonchev–Trinajstić information content (AvgIpc) is 2.34. The summed E-state index contributed by atoms with van der Waals surface area (Å²) in [6.45, 7) is 9.79. The number of aromatic nitrogens is 1. The van der Waals surface area contributed by atoms with E-state index in [0.717, 1.165) is 17.8 Å². The third-order valence-electron chi connectivity index (χ3n) is 3.54. The van der Waals surface area contributed by atoms with Crippen molar-refractivity contribution >= 4 is 10.9 Å². The number of para-hydroxylation sites is 1. The zero-order valence-corrected chi connectivity index (χ0v) is 11.7. The lowest BCUT2D eigenvalue weighted by atomic mass is 9.88. The van der Waals surface area contributed by atoms with Gasteiger partial charge in [0.05, 0.1) is 11.2 Å². The van der Waals surface area contributed by atoms with Gasteiger partial charge in [-0.25, -0.2) is 0 Å². The lowest BCUT2D eigenvalue weighted by Crippen LogP contribution is -2.37. The van der Waals surface area contributed by atoms with E-state index in [-0.39, 0.29) is 5.41 Å². The molecule has 18 heavy (non-hydrogen) atoms. The van der Waals surface area contributed by atoms with E-state index in [0.29, 0.717) is 6.04 Å². The van der Waals surface area contributed by atoms with Crippen molar-refractivity contribution in [3.63, 3.8) is 0 Å². The molecule has 96 valence electrons. The number of nitrogens with one attached hydrogen (secondary N) is 1. The molecule has 0 saturated carbocycles. The molecule has 1 atom stereocenters. The first-order valence-electron chi connectivity index (χ1n) is 6.55. The van der Waals surface area contributed by atoms with Gasteiger partial charge in [-0.3, -0.25) is 4.98 Å². The molecule has 1 aromatic heterocycles. The van der Waals surface area contributed by atoms with Crippen LogP contribution in [0.25, 0.3) is 10.9 Å². The molecule has 0 amide bonds. The fraction of sp³-hybridized carbons (Fsp3) is 0.438. The van der Waals surface area contributed by atoms with E-state index in [2.05, 4.69) is 62.3 Å². The standard InChI is InChI=1S/C16H22N2/c1-12(16(2,3)4)17-11-14-10-9-13-7-5-6-8-15(13)18-14/h5-10,12,17H,11H2,1-4H3. The molecule has 1 N–H and O–H groups in total. The zero-order chi connectivity index (χ0) is 13.2. The van der Waals surface area contributed by atoms with Crippen LogP contribution in [-0.4, -0.2) is 11.0 Å². The van der Waals surface area contributed by atoms with Crippen molar-refractivity contribution in [3.8, 4) is 0 Å². The van der Waals surface area contributed by atoms with Crippen molar-refractivity contribution in [2.24, 2.45) is 5.41 Å². The summed E-state index contributed by atoms with van der Waals surface area (Å²) in [5.74, 6) is 0. The Morgan fingerprint density at radius 2 is 1.83 bits per heavy atom. The van der Waals surface area contributed by atoms with Crippen molar-refractivity contribution in [2.45, 2.75) is 40.3 Å². The van der Waals surface area contributed by atoms with Crippen molar-refractivity contribution < 1.29 is 0 Å². The minimum Gasteiger partial charge on any atom is -0.308 e. The van der Waals surface area contributed by atoms with Crippen molar-refractivity contribution in [1.29, 1.82) is 0 Å². The van der Waals surface area contributed by atoms with Gasteiger partial charge in [0, 0.05) is 18.0 Å². The fourth-order valence-corrected chi connectivity index (χ4v) is 1.77. The Kier molecular flexibility index (Phi) is 3.67. The van der Waals surface area contributed by atoms with E-state index < -0.39 is 0 Å². The van der Waals surface area contributed by atoms with E-state index in [1.165, 1.54) is 5.39 Å². The number of rotatable bonds is 3. The van der Waals surface area contributed by atoms with Crippen LogP contribution in [0.3, 0.4) is 0 Å². The lowest BCUT2D eigenvalue weighted by Gasteiger charge is -2.28. The largest absolute Gasteiger partial charge is 0.308 e. The Morgan fingerprint density at radius 1 is 1.11 bits per heavy atom. The Bertz CT molecular complexity index is 526. The van der Waals surface area contributed by atoms with Crippen LogP contribution >= 0.6 is 0 Å². The summed E-state index contributed by atoms with van der Waals surface area (Å²) in [5.41, 5.74) is 2.45. The number of hydrogen-bond acceptors (Lipinski definition) is 2. The number of pyridine rings is 1. The second-order valence-corrected chi connectivity index (χ2v) is 5.96. The molecule has 0 bridgehead atoms. The first kappa shape index (κ1) is 13.0. The van der Waals surface area contributed by atoms with Gasteiger partial charge in [-0.15, -0.1) is 0 Å². The first-order valence-corrected chi connectivity index (χ1v) is 6.55. The molecule has 1 heterocycles. The van der Waals surface area contributed by atoms with E-state index in [9.17, 15) is 0 Å². The summed E-state index contributed by atoms with van der Waals surface area (Å²) in [6.07, 6.45) is 0. The fourth-order valence-electron chi connectivity index (χ4n) is 1.77. The maximum Gasteiger partial charge on any atom is 0.0705 e. The summed E-state index contributed by atoms with van der Waals surface area (Å²) in [6, 6.07) is 12.9. The monoisotopic (exact) mass is 242 g/mol. The minimum absolute atomic E-state index is 0.275. The summed E-state index contributed by atoms with van der Waals surface area (Å²) >= 11 is 0. The van der Waals surface area contributed by atoms with E-state index >= 15 is 0 Å². The van der Waals surface area contributed by atoms with Crippen LogP contribution in [0.2, 0.25) is 0 Å². The second-order valence-electron chi connectivity index (χ2n) is 5.96. The highest BCUT2D eigenvalue weighted by atomic mass is 14.9. The number of benzene rings is 1. The molecule has 1 aromatic carbocycles. The molecule has 0 aliphatic carbocycles. The van der Waals surface area contributed by atoms with Crippen LogP contribution in [0.1, 0.15) is 33.4 Å². The van der Waals surface area contributed by atoms with Crippen LogP contribution in [0, 0.1) is 5.41 Å². The highest BCUT2D eigenvalue weighted by Crippen LogP contribution is 2.19. The van der Waals surface area contributed by atoms with Crippen LogP contribution < -0.4 is 5.32 Å². The van der Waals surface area contributed by atoms with Crippen LogP contribution in [0.15, 0.2) is 36.4 Å². The van der Waals surface area contributed by atoms with Crippen LogP contribution in [0.4, 0.5) is 0 Å². The van der Waals surface area contributed by atoms with Gasteiger partial charge in [0.2, 0.25) is 0 Å². The molecule has 0 aliphatic rings. The second kappa shape index (κ2) is 5.07. The molecule has 1 unspecified atom stereocenters. The SMILES string of the molecule is CC(NCc1ccc2ccccc2n1)C(C)(C)C. The summed E-state index contributed by atoms with van der Waals surface area (Å²) < 4.78 is 0. The predicted molar refractivity (Wildman–Crippen MR) is 77.5 cm³/mol. The Labute approximate surface area is 109 Å². The molecule has 0 spiro atoms. The zero-order valence-electron chi connectivity index (χ0n) is 11.7. The van der Waals surface area contributed by atoms with Gasteiger partial charge >= 0.3 is 0 Å². The van der Waals surface area contributed by atoms with Gasteiger partial charge in [0.1, 0.15) is 0 Å². The lowest BCUT2D eigenvalue weighted by molar-refractivity contribution is 0.284. The maximum atomic E-state index is 4.67. The van der Waals surface area contributed by atoms with Crippen molar-refractivity contribution in [3.05, 3.63) is 42.1 Å². The third kappa shape index (κ3) is 3.08. The van der Waals surface area contributed by atoms with Crippen molar-refractivity contribution in [1.82, 2.24) is 10.3 Å². The van der Waals surface area contributed by atoms with Gasteiger partial charge in [-0.2, -0.15) is 0 Å². The maximum absolute atomic E-state index is 4.67. The smallest absolute Gasteiger partial charge is 0.0705 e.